The second-order valence-electron chi connectivity index (χ2n) is 4.71. The molecular weight excluding hydrogens is 172 g/mol. The summed E-state index contributed by atoms with van der Waals surface area (Å²) >= 11 is 0. The normalized spacial score (nSPS) is 29.4. The molecule has 1 rings (SSSR count). The Labute approximate surface area is 89.1 Å². The number of piperidine rings is 1. The van der Waals surface area contributed by atoms with E-state index < -0.39 is 0 Å². The van der Waals surface area contributed by atoms with Gasteiger partial charge in [-0.25, -0.2) is 0 Å². The zero-order valence-corrected chi connectivity index (χ0v) is 10.1. The van der Waals surface area contributed by atoms with Crippen LogP contribution in [0.1, 0.15) is 46.0 Å². The van der Waals surface area contributed by atoms with Crippen molar-refractivity contribution in [3.8, 4) is 0 Å². The molecule has 0 aromatic carbocycles. The smallest absolute Gasteiger partial charge is 0.00940 e. The molecule has 2 unspecified atom stereocenters. The average molecular weight is 198 g/mol. The van der Waals surface area contributed by atoms with Crippen LogP contribution in [0.5, 0.6) is 0 Å². The third-order valence-electron chi connectivity index (χ3n) is 3.42. The van der Waals surface area contributed by atoms with Crippen molar-refractivity contribution in [2.75, 3.05) is 20.1 Å². The molecule has 84 valence electrons. The highest BCUT2D eigenvalue weighted by atomic mass is 15.1. The summed E-state index contributed by atoms with van der Waals surface area (Å²) < 4.78 is 0. The Balaban J connectivity index is 2.07. The zero-order valence-electron chi connectivity index (χ0n) is 10.1. The summed E-state index contributed by atoms with van der Waals surface area (Å²) in [6.07, 6.45) is 6.69. The van der Waals surface area contributed by atoms with E-state index in [0.717, 1.165) is 12.1 Å². The summed E-state index contributed by atoms with van der Waals surface area (Å²) in [5.41, 5.74) is 0. The third kappa shape index (κ3) is 3.97. The summed E-state index contributed by atoms with van der Waals surface area (Å²) in [5.74, 6) is 0. The minimum absolute atomic E-state index is 0.757. The maximum absolute atomic E-state index is 3.68. The quantitative estimate of drug-likeness (QED) is 0.682. The standard InChI is InChI=1S/C12H26N2/c1-4-5-6-8-13-12-7-9-14(3)11(2)10-12/h11-13H,4-10H2,1-3H3. The van der Waals surface area contributed by atoms with E-state index in [0.29, 0.717) is 0 Å². The summed E-state index contributed by atoms with van der Waals surface area (Å²) in [5, 5.41) is 3.68. The van der Waals surface area contributed by atoms with Crippen LogP contribution in [0, 0.1) is 0 Å². The van der Waals surface area contributed by atoms with Crippen molar-refractivity contribution in [3.63, 3.8) is 0 Å². The van der Waals surface area contributed by atoms with Crippen LogP contribution in [0.4, 0.5) is 0 Å². The first kappa shape index (κ1) is 12.0. The molecule has 0 aromatic heterocycles. The molecule has 0 bridgehead atoms. The van der Waals surface area contributed by atoms with Crippen molar-refractivity contribution in [2.45, 2.75) is 58.0 Å². The third-order valence-corrected chi connectivity index (χ3v) is 3.42. The molecule has 0 saturated carbocycles. The molecule has 0 aliphatic carbocycles. The molecule has 14 heavy (non-hydrogen) atoms. The number of hydrogen-bond acceptors (Lipinski definition) is 2. The Morgan fingerprint density at radius 3 is 2.79 bits per heavy atom. The first-order valence-electron chi connectivity index (χ1n) is 6.17. The summed E-state index contributed by atoms with van der Waals surface area (Å²) in [6, 6.07) is 1.53. The van der Waals surface area contributed by atoms with Gasteiger partial charge in [-0.1, -0.05) is 19.8 Å². The summed E-state index contributed by atoms with van der Waals surface area (Å²) in [6.45, 7) is 7.07. The fourth-order valence-corrected chi connectivity index (χ4v) is 2.16. The van der Waals surface area contributed by atoms with Gasteiger partial charge in [-0.05, 0) is 46.3 Å². The zero-order chi connectivity index (χ0) is 10.4. The molecule has 1 heterocycles. The lowest BCUT2D eigenvalue weighted by Gasteiger charge is -2.35. The molecule has 1 aliphatic rings. The van der Waals surface area contributed by atoms with Crippen LogP contribution < -0.4 is 5.32 Å². The van der Waals surface area contributed by atoms with Gasteiger partial charge in [0.25, 0.3) is 0 Å². The van der Waals surface area contributed by atoms with Crippen LogP contribution in [0.25, 0.3) is 0 Å². The van der Waals surface area contributed by atoms with Crippen molar-refractivity contribution < 1.29 is 0 Å². The summed E-state index contributed by atoms with van der Waals surface area (Å²) in [4.78, 5) is 2.46. The number of unbranched alkanes of at least 4 members (excludes halogenated alkanes) is 2. The van der Waals surface area contributed by atoms with Crippen LogP contribution in [0.3, 0.4) is 0 Å². The van der Waals surface area contributed by atoms with Crippen LogP contribution in [-0.4, -0.2) is 37.1 Å². The van der Waals surface area contributed by atoms with Gasteiger partial charge >= 0.3 is 0 Å². The Morgan fingerprint density at radius 2 is 2.14 bits per heavy atom. The lowest BCUT2D eigenvalue weighted by molar-refractivity contribution is 0.168. The fourth-order valence-electron chi connectivity index (χ4n) is 2.16. The van der Waals surface area contributed by atoms with Crippen molar-refractivity contribution in [1.82, 2.24) is 10.2 Å². The predicted molar refractivity (Wildman–Crippen MR) is 62.6 cm³/mol. The van der Waals surface area contributed by atoms with Crippen LogP contribution in [0.15, 0.2) is 0 Å². The van der Waals surface area contributed by atoms with Gasteiger partial charge in [0.1, 0.15) is 0 Å². The molecule has 1 N–H and O–H groups in total. The van der Waals surface area contributed by atoms with Crippen LogP contribution >= 0.6 is 0 Å². The average Bonchev–Trinajstić information content (AvgIpc) is 2.18. The van der Waals surface area contributed by atoms with Gasteiger partial charge in [-0.2, -0.15) is 0 Å². The Bertz CT molecular complexity index is 147. The van der Waals surface area contributed by atoms with Gasteiger partial charge in [-0.15, -0.1) is 0 Å². The molecule has 2 heteroatoms. The monoisotopic (exact) mass is 198 g/mol. The first-order chi connectivity index (χ1) is 6.74. The van der Waals surface area contributed by atoms with Gasteiger partial charge < -0.3 is 10.2 Å². The van der Waals surface area contributed by atoms with Gasteiger partial charge in [0.2, 0.25) is 0 Å². The number of nitrogens with one attached hydrogen (secondary N) is 1. The van der Waals surface area contributed by atoms with E-state index in [-0.39, 0.29) is 0 Å². The highest BCUT2D eigenvalue weighted by molar-refractivity contribution is 4.80. The molecule has 0 radical (unpaired) electrons. The topological polar surface area (TPSA) is 15.3 Å². The van der Waals surface area contributed by atoms with Crippen molar-refractivity contribution in [2.24, 2.45) is 0 Å². The van der Waals surface area contributed by atoms with E-state index >= 15 is 0 Å². The van der Waals surface area contributed by atoms with Gasteiger partial charge in [0.05, 0.1) is 0 Å². The molecule has 0 spiro atoms. The molecule has 0 amide bonds. The highest BCUT2D eigenvalue weighted by Crippen LogP contribution is 2.15. The van der Waals surface area contributed by atoms with Crippen molar-refractivity contribution in [3.05, 3.63) is 0 Å². The lowest BCUT2D eigenvalue weighted by Crippen LogP contribution is -2.45. The van der Waals surface area contributed by atoms with Crippen LogP contribution in [-0.2, 0) is 0 Å². The molecular formula is C12H26N2. The Morgan fingerprint density at radius 1 is 1.36 bits per heavy atom. The molecule has 2 nitrogen and oxygen atoms in total. The SMILES string of the molecule is CCCCCNC1CCN(C)C(C)C1. The van der Waals surface area contributed by atoms with Gasteiger partial charge in [0.15, 0.2) is 0 Å². The maximum atomic E-state index is 3.68. The van der Waals surface area contributed by atoms with E-state index in [9.17, 15) is 0 Å². The van der Waals surface area contributed by atoms with Crippen molar-refractivity contribution >= 4 is 0 Å². The van der Waals surface area contributed by atoms with E-state index in [2.05, 4.69) is 31.1 Å². The van der Waals surface area contributed by atoms with E-state index in [1.54, 1.807) is 0 Å². The Hall–Kier alpha value is -0.0800. The van der Waals surface area contributed by atoms with E-state index in [1.807, 2.05) is 0 Å². The first-order valence-corrected chi connectivity index (χ1v) is 6.17. The summed E-state index contributed by atoms with van der Waals surface area (Å²) in [7, 11) is 2.23. The predicted octanol–water partition coefficient (Wildman–Crippen LogP) is 2.25. The van der Waals surface area contributed by atoms with Gasteiger partial charge in [-0.3, -0.25) is 0 Å². The number of rotatable bonds is 5. The highest BCUT2D eigenvalue weighted by Gasteiger charge is 2.21. The minimum atomic E-state index is 0.757. The van der Waals surface area contributed by atoms with Crippen LogP contribution in [0.2, 0.25) is 0 Å². The number of likely N-dealkylation sites (tertiary alicyclic amines) is 1. The minimum Gasteiger partial charge on any atom is -0.314 e. The number of nitrogens with zero attached hydrogens (tertiary/aromatic N) is 1. The second-order valence-corrected chi connectivity index (χ2v) is 4.71. The molecule has 1 aliphatic heterocycles. The molecule has 1 saturated heterocycles. The molecule has 1 fully saturated rings. The fraction of sp³-hybridized carbons (Fsp3) is 1.00. The number of hydrogen-bond donors (Lipinski definition) is 1. The molecule has 2 atom stereocenters. The van der Waals surface area contributed by atoms with Gasteiger partial charge in [0, 0.05) is 12.1 Å². The maximum Gasteiger partial charge on any atom is 0.00940 e. The lowest BCUT2D eigenvalue weighted by atomic mass is 9.99. The van der Waals surface area contributed by atoms with E-state index in [4.69, 9.17) is 0 Å². The second kappa shape index (κ2) is 6.41. The Kier molecular flexibility index (Phi) is 5.49. The van der Waals surface area contributed by atoms with Crippen molar-refractivity contribution in [1.29, 1.82) is 0 Å². The largest absolute Gasteiger partial charge is 0.314 e. The van der Waals surface area contributed by atoms with E-state index in [1.165, 1.54) is 45.2 Å². The molecule has 0 aromatic rings.